The summed E-state index contributed by atoms with van der Waals surface area (Å²) in [7, 11) is 0.953. The molecule has 0 aliphatic carbocycles. The van der Waals surface area contributed by atoms with Crippen LogP contribution in [0, 0.1) is 10.1 Å². The van der Waals surface area contributed by atoms with Crippen LogP contribution >= 0.6 is 11.8 Å². The molecule has 0 heterocycles. The van der Waals surface area contributed by atoms with Gasteiger partial charge in [0.15, 0.2) is 5.71 Å². The Morgan fingerprint density at radius 1 is 1.18 bits per heavy atom. The Balaban J connectivity index is 2.82. The van der Waals surface area contributed by atoms with E-state index in [0.717, 1.165) is 18.8 Å². The van der Waals surface area contributed by atoms with Gasteiger partial charge in [-0.3, -0.25) is 24.6 Å². The highest BCUT2D eigenvalue weighted by atomic mass is 32.2. The lowest BCUT2D eigenvalue weighted by Crippen LogP contribution is -2.48. The molecule has 0 saturated carbocycles. The van der Waals surface area contributed by atoms with Crippen molar-refractivity contribution in [2.75, 3.05) is 31.7 Å². The van der Waals surface area contributed by atoms with Gasteiger partial charge in [0, 0.05) is 43.7 Å². The average Bonchev–Trinajstić information content (AvgIpc) is 2.89. The third-order valence-electron chi connectivity index (χ3n) is 4.85. The summed E-state index contributed by atoms with van der Waals surface area (Å²) in [5.74, 6) is -2.94. The van der Waals surface area contributed by atoms with Crippen LogP contribution in [0.15, 0.2) is 29.4 Å². The van der Waals surface area contributed by atoms with E-state index in [1.807, 2.05) is 0 Å². The van der Waals surface area contributed by atoms with Gasteiger partial charge in [0.05, 0.1) is 11.5 Å². The minimum atomic E-state index is -1.60. The molecule has 0 fully saturated rings. The van der Waals surface area contributed by atoms with Gasteiger partial charge in [0.25, 0.3) is 5.69 Å². The zero-order valence-corrected chi connectivity index (χ0v) is 22.0. The summed E-state index contributed by atoms with van der Waals surface area (Å²) < 4.78 is 4.95. The largest absolute Gasteiger partial charge is 0.480 e. The predicted molar refractivity (Wildman–Crippen MR) is 137 cm³/mol. The van der Waals surface area contributed by atoms with E-state index in [2.05, 4.69) is 5.16 Å². The molecule has 0 aromatic heterocycles. The van der Waals surface area contributed by atoms with E-state index in [4.69, 9.17) is 25.5 Å². The number of urea groups is 1. The topological polar surface area (TPSA) is 232 Å². The Morgan fingerprint density at radius 3 is 2.36 bits per heavy atom. The Hall–Kier alpha value is -4.25. The molecule has 0 bridgehead atoms. The standard InChI is InChI=1S/C22H29N5O11S/c1-3-37-20(31)17(24-38-12-14-4-6-15(7-5-14)27(35)36)13-39-11-10-26(21(32)25(2)22(33)34)18(28)9-8-16(23)19(29)30/h4-7,16H,3,8-13,23H2,1-2H3,(H,29,30)(H,33,34). The van der Waals surface area contributed by atoms with Crippen LogP contribution in [0.1, 0.15) is 25.3 Å². The van der Waals surface area contributed by atoms with Crippen molar-refractivity contribution in [1.82, 2.24) is 9.80 Å². The molecule has 214 valence electrons. The first-order chi connectivity index (χ1) is 18.4. The third-order valence-corrected chi connectivity index (χ3v) is 5.80. The normalized spacial score (nSPS) is 11.7. The van der Waals surface area contributed by atoms with Crippen LogP contribution in [0.4, 0.5) is 15.3 Å². The van der Waals surface area contributed by atoms with Crippen LogP contribution in [-0.2, 0) is 30.6 Å². The van der Waals surface area contributed by atoms with Crippen molar-refractivity contribution in [3.8, 4) is 0 Å². The lowest BCUT2D eigenvalue weighted by molar-refractivity contribution is -0.384. The van der Waals surface area contributed by atoms with E-state index in [0.29, 0.717) is 15.4 Å². The van der Waals surface area contributed by atoms with Crippen molar-refractivity contribution < 1.29 is 48.7 Å². The van der Waals surface area contributed by atoms with Crippen LogP contribution in [0.5, 0.6) is 0 Å². The number of non-ortho nitro benzene ring substituents is 1. The van der Waals surface area contributed by atoms with Crippen LogP contribution in [0.3, 0.4) is 0 Å². The maximum atomic E-state index is 12.6. The summed E-state index contributed by atoms with van der Waals surface area (Å²) in [5, 5.41) is 32.5. The van der Waals surface area contributed by atoms with Gasteiger partial charge in [-0.05, 0) is 31.0 Å². The Labute approximate surface area is 226 Å². The van der Waals surface area contributed by atoms with Crippen molar-refractivity contribution in [2.45, 2.75) is 32.4 Å². The second kappa shape index (κ2) is 16.6. The number of carboxylic acids is 1. The number of nitrogens with two attached hydrogens (primary N) is 1. The number of carbonyl (C=O) groups is 5. The zero-order valence-electron chi connectivity index (χ0n) is 21.2. The molecule has 39 heavy (non-hydrogen) atoms. The summed E-state index contributed by atoms with van der Waals surface area (Å²) in [4.78, 5) is 75.7. The number of aliphatic carboxylic acids is 1. The number of rotatable bonds is 15. The SMILES string of the molecule is CCOC(=O)C(CSCCN(C(=O)CCC(N)C(=O)O)C(=O)N(C)C(=O)O)=NOCc1ccc([N+](=O)[O-])cc1. The highest BCUT2D eigenvalue weighted by molar-refractivity contribution is 8.00. The minimum absolute atomic E-state index is 0.0523. The fraction of sp³-hybridized carbons (Fsp3) is 0.455. The summed E-state index contributed by atoms with van der Waals surface area (Å²) >= 11 is 1.06. The molecular formula is C22H29N5O11S. The zero-order chi connectivity index (χ0) is 29.5. The van der Waals surface area contributed by atoms with Gasteiger partial charge in [-0.1, -0.05) is 5.16 Å². The number of oxime groups is 1. The van der Waals surface area contributed by atoms with Gasteiger partial charge < -0.3 is 25.5 Å². The maximum Gasteiger partial charge on any atom is 0.415 e. The number of nitro benzene ring substituents is 1. The number of amides is 4. The number of esters is 1. The number of thioether (sulfide) groups is 1. The van der Waals surface area contributed by atoms with Gasteiger partial charge in [-0.15, -0.1) is 0 Å². The molecule has 1 atom stereocenters. The summed E-state index contributed by atoms with van der Waals surface area (Å²) in [5.41, 5.74) is 5.72. The number of hydrogen-bond acceptors (Lipinski definition) is 12. The van der Waals surface area contributed by atoms with Crippen molar-refractivity contribution in [3.63, 3.8) is 0 Å². The highest BCUT2D eigenvalue weighted by Crippen LogP contribution is 2.13. The first kappa shape index (κ1) is 32.8. The van der Waals surface area contributed by atoms with E-state index in [9.17, 15) is 34.1 Å². The molecule has 0 aliphatic rings. The molecule has 16 nitrogen and oxygen atoms in total. The number of imide groups is 2. The molecule has 17 heteroatoms. The monoisotopic (exact) mass is 571 g/mol. The molecule has 0 saturated heterocycles. The lowest BCUT2D eigenvalue weighted by Gasteiger charge is -2.24. The number of benzene rings is 1. The smallest absolute Gasteiger partial charge is 0.415 e. The number of ether oxygens (including phenoxy) is 1. The Kier molecular flexibility index (Phi) is 13.9. The molecule has 1 aromatic rings. The predicted octanol–water partition coefficient (Wildman–Crippen LogP) is 1.51. The average molecular weight is 572 g/mol. The van der Waals surface area contributed by atoms with Gasteiger partial charge >= 0.3 is 24.1 Å². The van der Waals surface area contributed by atoms with Gasteiger partial charge in [0.1, 0.15) is 12.6 Å². The second-order valence-corrected chi connectivity index (χ2v) is 8.77. The van der Waals surface area contributed by atoms with Crippen LogP contribution < -0.4 is 5.73 Å². The van der Waals surface area contributed by atoms with Gasteiger partial charge in [0.2, 0.25) is 5.91 Å². The number of carboxylic acid groups (broad SMARTS) is 2. The third kappa shape index (κ3) is 11.3. The first-order valence-corrected chi connectivity index (χ1v) is 12.5. The molecule has 4 N–H and O–H groups in total. The van der Waals surface area contributed by atoms with Crippen LogP contribution in [0.25, 0.3) is 0 Å². The van der Waals surface area contributed by atoms with Crippen molar-refractivity contribution in [2.24, 2.45) is 10.9 Å². The van der Waals surface area contributed by atoms with E-state index < -0.39 is 47.4 Å². The van der Waals surface area contributed by atoms with Crippen molar-refractivity contribution >= 4 is 53.1 Å². The van der Waals surface area contributed by atoms with Crippen LogP contribution in [0.2, 0.25) is 0 Å². The highest BCUT2D eigenvalue weighted by Gasteiger charge is 2.28. The molecule has 1 unspecified atom stereocenters. The lowest BCUT2D eigenvalue weighted by atomic mass is 10.1. The molecule has 1 aromatic carbocycles. The Morgan fingerprint density at radius 2 is 1.82 bits per heavy atom. The summed E-state index contributed by atoms with van der Waals surface area (Å²) in [6.07, 6.45) is -2.29. The molecule has 0 aliphatic heterocycles. The Bertz CT molecular complexity index is 1080. The molecule has 4 amide bonds. The first-order valence-electron chi connectivity index (χ1n) is 11.3. The van der Waals surface area contributed by atoms with Crippen LogP contribution in [-0.4, -0.2) is 98.4 Å². The number of carbonyl (C=O) groups excluding carboxylic acids is 3. The molecule has 0 spiro atoms. The van der Waals surface area contributed by atoms with Gasteiger partial charge in [-0.2, -0.15) is 11.8 Å². The van der Waals surface area contributed by atoms with E-state index in [1.165, 1.54) is 24.3 Å². The van der Waals surface area contributed by atoms with E-state index in [1.54, 1.807) is 6.92 Å². The number of nitrogens with zero attached hydrogens (tertiary/aromatic N) is 4. The fourth-order valence-electron chi connectivity index (χ4n) is 2.69. The number of hydrogen-bond donors (Lipinski definition) is 3. The molecular weight excluding hydrogens is 542 g/mol. The van der Waals surface area contributed by atoms with Crippen molar-refractivity contribution in [1.29, 1.82) is 0 Å². The molecule has 0 radical (unpaired) electrons. The minimum Gasteiger partial charge on any atom is -0.480 e. The van der Waals surface area contributed by atoms with E-state index in [-0.39, 0.29) is 49.1 Å². The fourth-order valence-corrected chi connectivity index (χ4v) is 3.51. The number of nitro groups is 1. The second-order valence-electron chi connectivity index (χ2n) is 7.66. The van der Waals surface area contributed by atoms with E-state index >= 15 is 0 Å². The molecule has 1 rings (SSSR count). The van der Waals surface area contributed by atoms with Crippen molar-refractivity contribution in [3.05, 3.63) is 39.9 Å². The maximum absolute atomic E-state index is 12.6. The summed E-state index contributed by atoms with van der Waals surface area (Å²) in [6.45, 7) is 1.29. The quantitative estimate of drug-likeness (QED) is 0.0891. The van der Waals surface area contributed by atoms with Gasteiger partial charge in [-0.25, -0.2) is 19.3 Å². The summed E-state index contributed by atoms with van der Waals surface area (Å²) in [6, 6.07) is 3.03.